The van der Waals surface area contributed by atoms with Gasteiger partial charge in [0, 0.05) is 26.5 Å². The lowest BCUT2D eigenvalue weighted by Gasteiger charge is -2.13. The van der Waals surface area contributed by atoms with Crippen LogP contribution in [0.25, 0.3) is 22.0 Å². The number of aromatic amines is 1. The molecule has 0 spiro atoms. The first-order chi connectivity index (χ1) is 21.3. The quantitative estimate of drug-likeness (QED) is 0.0653. The Morgan fingerprint density at radius 2 is 1.66 bits per heavy atom. The maximum Gasteiger partial charge on any atom is 0.343 e. The number of carbonyl (C=O) groups excluding carboxylic acids is 2. The summed E-state index contributed by atoms with van der Waals surface area (Å²) in [6.45, 7) is 6.61. The molecule has 0 unspecified atom stereocenters. The van der Waals surface area contributed by atoms with Gasteiger partial charge in [-0.25, -0.2) is 10.2 Å². The van der Waals surface area contributed by atoms with Gasteiger partial charge in [0.15, 0.2) is 17.2 Å². The highest BCUT2D eigenvalue weighted by Crippen LogP contribution is 2.35. The predicted molar refractivity (Wildman–Crippen MR) is 179 cm³/mol. The normalized spacial score (nSPS) is 11.1. The molecule has 2 N–H and O–H groups in total. The number of hydrogen-bond acceptors (Lipinski definition) is 6. The molecule has 0 fully saturated rings. The van der Waals surface area contributed by atoms with E-state index in [0.29, 0.717) is 44.9 Å². The number of carbonyl (C=O) groups is 2. The molecule has 0 aliphatic carbocycles. The first-order valence-corrected chi connectivity index (χ1v) is 15.5. The second-order valence-corrected chi connectivity index (χ2v) is 11.5. The van der Waals surface area contributed by atoms with E-state index >= 15 is 0 Å². The molecule has 0 radical (unpaired) electrons. The number of aryl methyl sites for hydroxylation is 1. The van der Waals surface area contributed by atoms with Crippen molar-refractivity contribution in [3.63, 3.8) is 0 Å². The van der Waals surface area contributed by atoms with Gasteiger partial charge in [-0.2, -0.15) is 5.10 Å². The van der Waals surface area contributed by atoms with Crippen molar-refractivity contribution in [2.45, 2.75) is 20.8 Å². The fraction of sp³-hybridized carbons (Fsp3) is 0.147. The summed E-state index contributed by atoms with van der Waals surface area (Å²) in [5, 5.41) is 5.16. The highest BCUT2D eigenvalue weighted by atomic mass is 79.9. The first kappa shape index (κ1) is 31.0. The molecule has 44 heavy (non-hydrogen) atoms. The van der Waals surface area contributed by atoms with E-state index in [-0.39, 0.29) is 11.3 Å². The maximum atomic E-state index is 13.4. The maximum absolute atomic E-state index is 13.4. The predicted octanol–water partition coefficient (Wildman–Crippen LogP) is 8.45. The molecule has 5 rings (SSSR count). The number of hydrazone groups is 1. The molecule has 0 aliphatic heterocycles. The van der Waals surface area contributed by atoms with Gasteiger partial charge in [-0.15, -0.1) is 0 Å². The molecule has 0 saturated carbocycles. The third-order valence-corrected chi connectivity index (χ3v) is 7.67. The Morgan fingerprint density at radius 3 is 2.41 bits per heavy atom. The number of aromatic nitrogens is 1. The fourth-order valence-electron chi connectivity index (χ4n) is 4.71. The van der Waals surface area contributed by atoms with Gasteiger partial charge in [-0.1, -0.05) is 57.9 Å². The number of H-pyrrole nitrogens is 1. The Kier molecular flexibility index (Phi) is 9.82. The van der Waals surface area contributed by atoms with Crippen LogP contribution in [0.1, 0.15) is 45.8 Å². The first-order valence-electron chi connectivity index (χ1n) is 13.9. The van der Waals surface area contributed by atoms with Crippen LogP contribution in [0, 0.1) is 6.92 Å². The monoisotopic (exact) mass is 717 g/mol. The number of rotatable bonds is 10. The third-order valence-electron chi connectivity index (χ3n) is 6.62. The average molecular weight is 719 g/mol. The van der Waals surface area contributed by atoms with Gasteiger partial charge >= 0.3 is 5.97 Å². The van der Waals surface area contributed by atoms with Gasteiger partial charge in [0.05, 0.1) is 29.5 Å². The van der Waals surface area contributed by atoms with E-state index in [9.17, 15) is 9.59 Å². The minimum absolute atomic E-state index is 0.231. The van der Waals surface area contributed by atoms with E-state index in [1.165, 1.54) is 6.21 Å². The summed E-state index contributed by atoms with van der Waals surface area (Å²) >= 11 is 6.95. The number of benzene rings is 4. The highest BCUT2D eigenvalue weighted by molar-refractivity contribution is 9.11. The third kappa shape index (κ3) is 6.87. The Morgan fingerprint density at radius 1 is 0.909 bits per heavy atom. The molecule has 0 saturated heterocycles. The SMILES string of the molecule is CCOc1ccc(C(=O)Oc2c(Br)cc(Br)cc2C=NNC(=O)c2[nH]c3ccc(C)cc3c2-c2ccccc2)cc1OCC. The number of hydrogen-bond donors (Lipinski definition) is 2. The van der Waals surface area contributed by atoms with Crippen molar-refractivity contribution in [1.82, 2.24) is 10.4 Å². The molecule has 0 bridgehead atoms. The summed E-state index contributed by atoms with van der Waals surface area (Å²) in [6.07, 6.45) is 1.43. The van der Waals surface area contributed by atoms with Crippen molar-refractivity contribution >= 4 is 60.9 Å². The fourth-order valence-corrected chi connectivity index (χ4v) is 6.05. The second-order valence-electron chi connectivity index (χ2n) is 9.71. The zero-order valence-electron chi connectivity index (χ0n) is 24.2. The molecular formula is C34H29Br2N3O5. The van der Waals surface area contributed by atoms with E-state index in [1.807, 2.05) is 63.2 Å². The molecule has 1 heterocycles. The summed E-state index contributed by atoms with van der Waals surface area (Å²) < 4.78 is 18.3. The number of esters is 1. The van der Waals surface area contributed by atoms with Crippen molar-refractivity contribution in [3.8, 4) is 28.4 Å². The van der Waals surface area contributed by atoms with Gasteiger partial charge in [0.1, 0.15) is 5.69 Å². The molecule has 0 aliphatic rings. The lowest BCUT2D eigenvalue weighted by Crippen LogP contribution is -2.19. The summed E-state index contributed by atoms with van der Waals surface area (Å²) in [5.41, 5.74) is 7.37. The molecule has 1 aromatic heterocycles. The standard InChI is InChI=1S/C34H29Br2N3O5/c1-4-42-28-14-12-22(17-29(28)43-5-2)34(41)44-32-23(16-24(35)18-26(32)36)19-37-39-33(40)31-30(21-9-7-6-8-10-21)25-15-20(3)11-13-27(25)38-31/h6-19,38H,4-5H2,1-3H3,(H,39,40). The molecule has 0 atom stereocenters. The van der Waals surface area contributed by atoms with Crippen LogP contribution in [0.15, 0.2) is 92.9 Å². The Hall–Kier alpha value is -4.41. The minimum Gasteiger partial charge on any atom is -0.490 e. The number of amides is 1. The summed E-state index contributed by atoms with van der Waals surface area (Å²) in [5.74, 6) is 0.204. The molecule has 10 heteroatoms. The van der Waals surface area contributed by atoms with Crippen LogP contribution in [0.4, 0.5) is 0 Å². The van der Waals surface area contributed by atoms with E-state index in [4.69, 9.17) is 14.2 Å². The van der Waals surface area contributed by atoms with Crippen molar-refractivity contribution in [3.05, 3.63) is 110 Å². The van der Waals surface area contributed by atoms with E-state index in [0.717, 1.165) is 27.6 Å². The van der Waals surface area contributed by atoms with Gasteiger partial charge in [0.25, 0.3) is 5.91 Å². The number of halogens is 2. The summed E-state index contributed by atoms with van der Waals surface area (Å²) in [7, 11) is 0. The smallest absolute Gasteiger partial charge is 0.343 e. The topological polar surface area (TPSA) is 102 Å². The van der Waals surface area contributed by atoms with E-state index in [2.05, 4.69) is 53.4 Å². The number of ether oxygens (including phenoxy) is 3. The van der Waals surface area contributed by atoms with Crippen LogP contribution in [0.3, 0.4) is 0 Å². The Bertz CT molecular complexity index is 1870. The van der Waals surface area contributed by atoms with Crippen LogP contribution in [-0.2, 0) is 0 Å². The van der Waals surface area contributed by atoms with Crippen molar-refractivity contribution in [2.24, 2.45) is 5.10 Å². The number of nitrogens with zero attached hydrogens (tertiary/aromatic N) is 1. The van der Waals surface area contributed by atoms with Crippen LogP contribution in [-0.4, -0.2) is 36.3 Å². The van der Waals surface area contributed by atoms with Gasteiger partial charge < -0.3 is 19.2 Å². The zero-order chi connectivity index (χ0) is 31.2. The Balaban J connectivity index is 1.41. The lowest BCUT2D eigenvalue weighted by molar-refractivity contribution is 0.0732. The van der Waals surface area contributed by atoms with Gasteiger partial charge in [-0.05, 0) is 84.7 Å². The zero-order valence-corrected chi connectivity index (χ0v) is 27.4. The molecule has 224 valence electrons. The summed E-state index contributed by atoms with van der Waals surface area (Å²) in [6, 6.07) is 24.1. The van der Waals surface area contributed by atoms with Crippen molar-refractivity contribution in [2.75, 3.05) is 13.2 Å². The summed E-state index contributed by atoms with van der Waals surface area (Å²) in [4.78, 5) is 29.9. The molecule has 5 aromatic rings. The van der Waals surface area contributed by atoms with E-state index in [1.54, 1.807) is 30.3 Å². The van der Waals surface area contributed by atoms with Crippen LogP contribution >= 0.6 is 31.9 Å². The number of nitrogens with one attached hydrogen (secondary N) is 2. The molecule has 1 amide bonds. The van der Waals surface area contributed by atoms with Crippen LogP contribution in [0.2, 0.25) is 0 Å². The lowest BCUT2D eigenvalue weighted by atomic mass is 10.0. The Labute approximate surface area is 271 Å². The largest absolute Gasteiger partial charge is 0.490 e. The van der Waals surface area contributed by atoms with Crippen molar-refractivity contribution < 1.29 is 23.8 Å². The van der Waals surface area contributed by atoms with E-state index < -0.39 is 11.9 Å². The van der Waals surface area contributed by atoms with Crippen LogP contribution < -0.4 is 19.6 Å². The molecular weight excluding hydrogens is 690 g/mol. The second kappa shape index (κ2) is 13.9. The molecule has 4 aromatic carbocycles. The van der Waals surface area contributed by atoms with Crippen molar-refractivity contribution in [1.29, 1.82) is 0 Å². The highest BCUT2D eigenvalue weighted by Gasteiger charge is 2.20. The van der Waals surface area contributed by atoms with Gasteiger partial charge in [-0.3, -0.25) is 4.79 Å². The van der Waals surface area contributed by atoms with Gasteiger partial charge in [0.2, 0.25) is 0 Å². The average Bonchev–Trinajstić information content (AvgIpc) is 3.39. The van der Waals surface area contributed by atoms with Crippen LogP contribution in [0.5, 0.6) is 17.2 Å². The molecule has 8 nitrogen and oxygen atoms in total. The minimum atomic E-state index is -0.600. The number of fused-ring (bicyclic) bond motifs is 1.